The first-order valence-electron chi connectivity index (χ1n) is 6.87. The van der Waals surface area contributed by atoms with Crippen molar-refractivity contribution in [1.82, 2.24) is 5.32 Å². The standard InChI is InChI=1S/C15H27NO3/c1-6-7-8-9-10-11-13(12(2)17)16-14(18)19-15(3,4)5/h6,13H,1,7-11H2,2-5H3,(H,16,18)/t13-/m0/s1. The average Bonchev–Trinajstić information content (AvgIpc) is 2.24. The van der Waals surface area contributed by atoms with Crippen molar-refractivity contribution in [3.05, 3.63) is 12.7 Å². The molecule has 0 radical (unpaired) electrons. The van der Waals surface area contributed by atoms with Crippen LogP contribution in [-0.4, -0.2) is 23.5 Å². The van der Waals surface area contributed by atoms with Crippen LogP contribution in [0.4, 0.5) is 4.79 Å². The number of ketones is 1. The second kappa shape index (κ2) is 8.73. The molecule has 0 saturated heterocycles. The molecular formula is C15H27NO3. The largest absolute Gasteiger partial charge is 0.444 e. The second-order valence-corrected chi connectivity index (χ2v) is 5.74. The fourth-order valence-electron chi connectivity index (χ4n) is 1.64. The van der Waals surface area contributed by atoms with Crippen LogP contribution in [0.1, 0.15) is 59.8 Å². The molecule has 110 valence electrons. The van der Waals surface area contributed by atoms with Gasteiger partial charge in [0.2, 0.25) is 0 Å². The third-order valence-corrected chi connectivity index (χ3v) is 2.58. The molecule has 0 heterocycles. The third-order valence-electron chi connectivity index (χ3n) is 2.58. The van der Waals surface area contributed by atoms with E-state index in [1.165, 1.54) is 6.92 Å². The van der Waals surface area contributed by atoms with E-state index in [0.29, 0.717) is 6.42 Å². The Morgan fingerprint density at radius 2 is 1.89 bits per heavy atom. The van der Waals surface area contributed by atoms with Crippen molar-refractivity contribution in [3.8, 4) is 0 Å². The smallest absolute Gasteiger partial charge is 0.408 e. The molecule has 0 aliphatic heterocycles. The monoisotopic (exact) mass is 269 g/mol. The van der Waals surface area contributed by atoms with Crippen LogP contribution < -0.4 is 5.32 Å². The van der Waals surface area contributed by atoms with E-state index in [9.17, 15) is 9.59 Å². The van der Waals surface area contributed by atoms with Crippen molar-refractivity contribution in [2.45, 2.75) is 71.4 Å². The van der Waals surface area contributed by atoms with Gasteiger partial charge in [0.05, 0.1) is 6.04 Å². The number of carbonyl (C=O) groups is 2. The molecule has 0 bridgehead atoms. The number of unbranched alkanes of at least 4 members (excludes halogenated alkanes) is 3. The maximum Gasteiger partial charge on any atom is 0.408 e. The van der Waals surface area contributed by atoms with E-state index >= 15 is 0 Å². The highest BCUT2D eigenvalue weighted by atomic mass is 16.6. The predicted molar refractivity (Wildman–Crippen MR) is 77.1 cm³/mol. The Morgan fingerprint density at radius 1 is 1.26 bits per heavy atom. The molecule has 0 saturated carbocycles. The van der Waals surface area contributed by atoms with Crippen LogP contribution in [0.3, 0.4) is 0 Å². The summed E-state index contributed by atoms with van der Waals surface area (Å²) in [5, 5.41) is 2.63. The molecule has 1 amide bonds. The molecule has 4 nitrogen and oxygen atoms in total. The van der Waals surface area contributed by atoms with Crippen molar-refractivity contribution >= 4 is 11.9 Å². The van der Waals surface area contributed by atoms with E-state index in [1.807, 2.05) is 6.08 Å². The van der Waals surface area contributed by atoms with Crippen LogP contribution in [0.5, 0.6) is 0 Å². The van der Waals surface area contributed by atoms with E-state index in [1.54, 1.807) is 20.8 Å². The summed E-state index contributed by atoms with van der Waals surface area (Å²) in [4.78, 5) is 23.1. The summed E-state index contributed by atoms with van der Waals surface area (Å²) in [5.41, 5.74) is -0.546. The van der Waals surface area contributed by atoms with Gasteiger partial charge in [0.25, 0.3) is 0 Å². The fraction of sp³-hybridized carbons (Fsp3) is 0.733. The summed E-state index contributed by atoms with van der Waals surface area (Å²) in [5.74, 6) is -0.0328. The number of rotatable bonds is 8. The first-order valence-corrected chi connectivity index (χ1v) is 6.87. The minimum Gasteiger partial charge on any atom is -0.444 e. The minimum atomic E-state index is -0.546. The molecule has 0 unspecified atom stereocenters. The highest BCUT2D eigenvalue weighted by molar-refractivity contribution is 5.85. The van der Waals surface area contributed by atoms with E-state index < -0.39 is 17.7 Å². The molecule has 0 aliphatic carbocycles. The zero-order chi connectivity index (χ0) is 14.9. The van der Waals surface area contributed by atoms with Crippen LogP contribution in [-0.2, 0) is 9.53 Å². The van der Waals surface area contributed by atoms with Gasteiger partial charge in [-0.1, -0.05) is 18.9 Å². The summed E-state index contributed by atoms with van der Waals surface area (Å²) < 4.78 is 5.15. The van der Waals surface area contributed by atoms with Gasteiger partial charge >= 0.3 is 6.09 Å². The average molecular weight is 269 g/mol. The van der Waals surface area contributed by atoms with Crippen molar-refractivity contribution in [3.63, 3.8) is 0 Å². The Hall–Kier alpha value is -1.32. The number of carbonyl (C=O) groups excluding carboxylic acids is 2. The van der Waals surface area contributed by atoms with E-state index in [4.69, 9.17) is 4.74 Å². The molecule has 1 atom stereocenters. The predicted octanol–water partition coefficient (Wildman–Crippen LogP) is 3.61. The van der Waals surface area contributed by atoms with Crippen molar-refractivity contribution in [2.75, 3.05) is 0 Å². The normalized spacial score (nSPS) is 12.6. The van der Waals surface area contributed by atoms with Gasteiger partial charge in [0.1, 0.15) is 5.60 Å². The Balaban J connectivity index is 4.08. The maximum absolute atomic E-state index is 11.6. The quantitative estimate of drug-likeness (QED) is 0.541. The van der Waals surface area contributed by atoms with E-state index in [2.05, 4.69) is 11.9 Å². The molecule has 0 aliphatic rings. The third kappa shape index (κ3) is 10.3. The summed E-state index contributed by atoms with van der Waals surface area (Å²) >= 11 is 0. The number of nitrogens with one attached hydrogen (secondary N) is 1. The summed E-state index contributed by atoms with van der Waals surface area (Å²) in [6, 6.07) is -0.446. The zero-order valence-electron chi connectivity index (χ0n) is 12.6. The highest BCUT2D eigenvalue weighted by Crippen LogP contribution is 2.10. The summed E-state index contributed by atoms with van der Waals surface area (Å²) in [6.07, 6.45) is 6.02. The fourth-order valence-corrected chi connectivity index (χ4v) is 1.64. The Labute approximate surface area is 116 Å². The molecular weight excluding hydrogens is 242 g/mol. The molecule has 19 heavy (non-hydrogen) atoms. The number of hydrogen-bond acceptors (Lipinski definition) is 3. The first-order chi connectivity index (χ1) is 8.76. The lowest BCUT2D eigenvalue weighted by molar-refractivity contribution is -0.119. The van der Waals surface area contributed by atoms with Crippen LogP contribution in [0.25, 0.3) is 0 Å². The van der Waals surface area contributed by atoms with Crippen molar-refractivity contribution in [1.29, 1.82) is 0 Å². The van der Waals surface area contributed by atoms with Gasteiger partial charge in [0.15, 0.2) is 5.78 Å². The minimum absolute atomic E-state index is 0.0328. The topological polar surface area (TPSA) is 55.4 Å². The van der Waals surface area contributed by atoms with Gasteiger partial charge in [0, 0.05) is 0 Å². The van der Waals surface area contributed by atoms with Gasteiger partial charge in [-0.3, -0.25) is 4.79 Å². The van der Waals surface area contributed by atoms with Gasteiger partial charge in [-0.2, -0.15) is 0 Å². The Kier molecular flexibility index (Phi) is 8.12. The van der Waals surface area contributed by atoms with Crippen LogP contribution in [0.15, 0.2) is 12.7 Å². The van der Waals surface area contributed by atoms with Gasteiger partial charge in [-0.25, -0.2) is 4.79 Å². The molecule has 0 aromatic carbocycles. The molecule has 0 aromatic rings. The number of Topliss-reactive ketones (excluding diaryl/α,β-unsaturated/α-hetero) is 1. The zero-order valence-corrected chi connectivity index (χ0v) is 12.6. The summed E-state index contributed by atoms with van der Waals surface area (Å²) in [7, 11) is 0. The van der Waals surface area contributed by atoms with Gasteiger partial charge in [-0.05, 0) is 47.0 Å². The van der Waals surface area contributed by atoms with Crippen molar-refractivity contribution in [2.24, 2.45) is 0 Å². The lowest BCUT2D eigenvalue weighted by Crippen LogP contribution is -2.42. The highest BCUT2D eigenvalue weighted by Gasteiger charge is 2.21. The number of alkyl carbamates (subject to hydrolysis) is 1. The second-order valence-electron chi connectivity index (χ2n) is 5.74. The number of hydrogen-bond donors (Lipinski definition) is 1. The lowest BCUT2D eigenvalue weighted by atomic mass is 10.0. The molecule has 1 N–H and O–H groups in total. The van der Waals surface area contributed by atoms with Crippen LogP contribution in [0, 0.1) is 0 Å². The van der Waals surface area contributed by atoms with Crippen LogP contribution >= 0.6 is 0 Å². The molecule has 4 heteroatoms. The molecule has 0 aromatic heterocycles. The van der Waals surface area contributed by atoms with Crippen molar-refractivity contribution < 1.29 is 14.3 Å². The maximum atomic E-state index is 11.6. The van der Waals surface area contributed by atoms with Gasteiger partial charge in [-0.15, -0.1) is 6.58 Å². The lowest BCUT2D eigenvalue weighted by Gasteiger charge is -2.22. The molecule has 0 fully saturated rings. The SMILES string of the molecule is C=CCCCCC[C@H](NC(=O)OC(C)(C)C)C(C)=O. The van der Waals surface area contributed by atoms with E-state index in [-0.39, 0.29) is 5.78 Å². The number of ether oxygens (including phenoxy) is 1. The first kappa shape index (κ1) is 17.7. The van der Waals surface area contributed by atoms with E-state index in [0.717, 1.165) is 25.7 Å². The molecule has 0 spiro atoms. The number of allylic oxidation sites excluding steroid dienone is 1. The molecule has 0 rings (SSSR count). The Morgan fingerprint density at radius 3 is 2.37 bits per heavy atom. The Bertz CT molecular complexity index is 305. The van der Waals surface area contributed by atoms with Gasteiger partial charge < -0.3 is 10.1 Å². The van der Waals surface area contributed by atoms with Crippen LogP contribution in [0.2, 0.25) is 0 Å². The number of amides is 1. The summed E-state index contributed by atoms with van der Waals surface area (Å²) in [6.45, 7) is 10.5.